The van der Waals surface area contributed by atoms with Gasteiger partial charge in [0.05, 0.1) is 0 Å². The molecule has 2 heterocycles. The first-order valence-electron chi connectivity index (χ1n) is 4.98. The lowest BCUT2D eigenvalue weighted by Crippen LogP contribution is -2.27. The fourth-order valence-corrected chi connectivity index (χ4v) is 1.30. The molecule has 0 atom stereocenters. The van der Waals surface area contributed by atoms with Gasteiger partial charge in [0.1, 0.15) is 5.82 Å². The Morgan fingerprint density at radius 2 is 2.17 bits per heavy atom. The van der Waals surface area contributed by atoms with E-state index in [0.29, 0.717) is 5.82 Å². The number of nitrogens with zero attached hydrogens (tertiary/aromatic N) is 3. The molecule has 2 aromatic heterocycles. The van der Waals surface area contributed by atoms with Crippen LogP contribution in [0.3, 0.4) is 0 Å². The van der Waals surface area contributed by atoms with Crippen LogP contribution in [-0.2, 0) is 0 Å². The third-order valence-corrected chi connectivity index (χ3v) is 2.24. The van der Waals surface area contributed by atoms with Gasteiger partial charge < -0.3 is 9.63 Å². The Bertz CT molecular complexity index is 579. The number of hydrogen-bond donors (Lipinski definition) is 1. The van der Waals surface area contributed by atoms with Crippen LogP contribution in [0.4, 0.5) is 5.82 Å². The van der Waals surface area contributed by atoms with Crippen molar-refractivity contribution in [3.63, 3.8) is 0 Å². The molecule has 2 aromatic rings. The molecule has 7 nitrogen and oxygen atoms in total. The van der Waals surface area contributed by atoms with Gasteiger partial charge in [-0.05, 0) is 12.1 Å². The van der Waals surface area contributed by atoms with E-state index in [1.165, 1.54) is 11.9 Å². The molecule has 92 valence electrons. The van der Waals surface area contributed by atoms with Gasteiger partial charge in [0.15, 0.2) is 5.69 Å². The van der Waals surface area contributed by atoms with Crippen molar-refractivity contribution in [2.75, 3.05) is 11.9 Å². The van der Waals surface area contributed by atoms with Crippen LogP contribution in [0.2, 0.25) is 0 Å². The number of hydrogen-bond acceptors (Lipinski definition) is 5. The predicted molar refractivity (Wildman–Crippen MR) is 60.4 cm³/mol. The Morgan fingerprint density at radius 1 is 1.39 bits per heavy atom. The van der Waals surface area contributed by atoms with Crippen LogP contribution in [0.15, 0.2) is 35.0 Å². The molecule has 18 heavy (non-hydrogen) atoms. The third-order valence-electron chi connectivity index (χ3n) is 2.24. The molecule has 0 saturated carbocycles. The summed E-state index contributed by atoms with van der Waals surface area (Å²) in [5, 5.41) is 12.1. The van der Waals surface area contributed by atoms with Gasteiger partial charge in [-0.15, -0.1) is 0 Å². The van der Waals surface area contributed by atoms with E-state index < -0.39 is 11.9 Å². The fraction of sp³-hybridized carbons (Fsp3) is 0.0909. The molecule has 1 N–H and O–H groups in total. The van der Waals surface area contributed by atoms with E-state index in [1.54, 1.807) is 24.4 Å². The SMILES string of the molecule is CN(C(=O)c1cc(C(=O)O)on1)c1ccccn1. The summed E-state index contributed by atoms with van der Waals surface area (Å²) in [5.74, 6) is -1.72. The number of rotatable bonds is 3. The van der Waals surface area contributed by atoms with E-state index in [4.69, 9.17) is 5.11 Å². The monoisotopic (exact) mass is 247 g/mol. The van der Waals surface area contributed by atoms with Gasteiger partial charge in [-0.1, -0.05) is 11.2 Å². The number of carbonyl (C=O) groups excluding carboxylic acids is 1. The van der Waals surface area contributed by atoms with Gasteiger partial charge in [-0.3, -0.25) is 9.69 Å². The second-order valence-corrected chi connectivity index (χ2v) is 3.43. The highest BCUT2D eigenvalue weighted by Crippen LogP contribution is 2.12. The minimum Gasteiger partial charge on any atom is -0.475 e. The summed E-state index contributed by atoms with van der Waals surface area (Å²) >= 11 is 0. The Hall–Kier alpha value is -2.70. The maximum atomic E-state index is 12.0. The molecule has 2 rings (SSSR count). The first kappa shape index (κ1) is 11.8. The smallest absolute Gasteiger partial charge is 0.374 e. The first-order chi connectivity index (χ1) is 8.59. The maximum Gasteiger partial charge on any atom is 0.374 e. The summed E-state index contributed by atoms with van der Waals surface area (Å²) in [7, 11) is 1.51. The molecule has 0 radical (unpaired) electrons. The maximum absolute atomic E-state index is 12.0. The Morgan fingerprint density at radius 3 is 2.72 bits per heavy atom. The number of pyridine rings is 1. The number of anilines is 1. The van der Waals surface area contributed by atoms with Crippen molar-refractivity contribution >= 4 is 17.7 Å². The van der Waals surface area contributed by atoms with Crippen molar-refractivity contribution in [1.82, 2.24) is 10.1 Å². The Kier molecular flexibility index (Phi) is 3.05. The molecule has 1 amide bonds. The lowest BCUT2D eigenvalue weighted by molar-refractivity contribution is 0.0651. The van der Waals surface area contributed by atoms with Gasteiger partial charge in [-0.25, -0.2) is 9.78 Å². The highest BCUT2D eigenvalue weighted by Gasteiger charge is 2.20. The minimum absolute atomic E-state index is 0.0828. The predicted octanol–water partition coefficient (Wildman–Crippen LogP) is 1.04. The van der Waals surface area contributed by atoms with E-state index in [9.17, 15) is 9.59 Å². The van der Waals surface area contributed by atoms with Crippen LogP contribution in [0, 0.1) is 0 Å². The van der Waals surface area contributed by atoms with Gasteiger partial charge in [-0.2, -0.15) is 0 Å². The third kappa shape index (κ3) is 2.19. The topological polar surface area (TPSA) is 96.5 Å². The molecule has 0 aliphatic carbocycles. The number of carboxylic acid groups (broad SMARTS) is 1. The Balaban J connectivity index is 2.23. The van der Waals surface area contributed by atoms with Crippen molar-refractivity contribution in [2.24, 2.45) is 0 Å². The van der Waals surface area contributed by atoms with Crippen molar-refractivity contribution in [2.45, 2.75) is 0 Å². The molecule has 0 spiro atoms. The Labute approximate surface area is 102 Å². The van der Waals surface area contributed by atoms with Crippen LogP contribution in [0.25, 0.3) is 0 Å². The molecule has 0 aromatic carbocycles. The lowest BCUT2D eigenvalue weighted by atomic mass is 10.3. The highest BCUT2D eigenvalue weighted by atomic mass is 16.5. The summed E-state index contributed by atoms with van der Waals surface area (Å²) in [6.07, 6.45) is 1.55. The van der Waals surface area contributed by atoms with Crippen LogP contribution in [0.1, 0.15) is 21.0 Å². The molecule has 0 saturated heterocycles. The lowest BCUT2D eigenvalue weighted by Gasteiger charge is -2.13. The van der Waals surface area contributed by atoms with Crippen molar-refractivity contribution in [1.29, 1.82) is 0 Å². The van der Waals surface area contributed by atoms with Gasteiger partial charge >= 0.3 is 5.97 Å². The molecule has 0 unspecified atom stereocenters. The van der Waals surface area contributed by atoms with E-state index in [1.807, 2.05) is 0 Å². The van der Waals surface area contributed by atoms with Crippen LogP contribution in [-0.4, -0.2) is 34.2 Å². The van der Waals surface area contributed by atoms with Crippen LogP contribution >= 0.6 is 0 Å². The number of aromatic carboxylic acids is 1. The summed E-state index contributed by atoms with van der Waals surface area (Å²) in [6.45, 7) is 0. The average molecular weight is 247 g/mol. The van der Waals surface area contributed by atoms with E-state index in [-0.39, 0.29) is 11.5 Å². The first-order valence-corrected chi connectivity index (χ1v) is 4.98. The van der Waals surface area contributed by atoms with E-state index in [2.05, 4.69) is 14.7 Å². The van der Waals surface area contributed by atoms with E-state index in [0.717, 1.165) is 6.07 Å². The zero-order valence-electron chi connectivity index (χ0n) is 9.40. The number of amides is 1. The van der Waals surface area contributed by atoms with Gasteiger partial charge in [0.25, 0.3) is 5.91 Å². The second kappa shape index (κ2) is 4.66. The zero-order chi connectivity index (χ0) is 13.1. The van der Waals surface area contributed by atoms with Crippen LogP contribution in [0.5, 0.6) is 0 Å². The molecule has 0 bridgehead atoms. The van der Waals surface area contributed by atoms with Crippen molar-refractivity contribution < 1.29 is 19.2 Å². The molecule has 0 aliphatic rings. The quantitative estimate of drug-likeness (QED) is 0.870. The molecular formula is C11H9N3O4. The normalized spacial score (nSPS) is 10.1. The standard InChI is InChI=1S/C11H9N3O4/c1-14(9-4-2-3-5-12-9)10(15)7-6-8(11(16)17)18-13-7/h2-6H,1H3,(H,16,17). The average Bonchev–Trinajstić information content (AvgIpc) is 2.88. The van der Waals surface area contributed by atoms with Gasteiger partial charge in [0, 0.05) is 19.3 Å². The summed E-state index contributed by atoms with van der Waals surface area (Å²) in [5.41, 5.74) is -0.0828. The van der Waals surface area contributed by atoms with Crippen molar-refractivity contribution in [3.8, 4) is 0 Å². The summed E-state index contributed by atoms with van der Waals surface area (Å²) < 4.78 is 4.52. The molecule has 0 aliphatic heterocycles. The zero-order valence-corrected chi connectivity index (χ0v) is 9.40. The number of aromatic nitrogens is 2. The second-order valence-electron chi connectivity index (χ2n) is 3.43. The molecule has 0 fully saturated rings. The highest BCUT2D eigenvalue weighted by molar-refractivity contribution is 6.04. The number of carboxylic acids is 1. The largest absolute Gasteiger partial charge is 0.475 e. The molecular weight excluding hydrogens is 238 g/mol. The van der Waals surface area contributed by atoms with Crippen molar-refractivity contribution in [3.05, 3.63) is 41.9 Å². The fourth-order valence-electron chi connectivity index (χ4n) is 1.30. The minimum atomic E-state index is -1.28. The summed E-state index contributed by atoms with van der Waals surface area (Å²) in [4.78, 5) is 27.8. The molecule has 7 heteroatoms. The van der Waals surface area contributed by atoms with Crippen LogP contribution < -0.4 is 4.90 Å². The van der Waals surface area contributed by atoms with E-state index >= 15 is 0 Å². The number of carbonyl (C=O) groups is 2. The van der Waals surface area contributed by atoms with Gasteiger partial charge in [0.2, 0.25) is 5.76 Å². The summed E-state index contributed by atoms with van der Waals surface area (Å²) in [6, 6.07) is 6.18.